The van der Waals surface area contributed by atoms with Gasteiger partial charge in [0.15, 0.2) is 0 Å². The lowest BCUT2D eigenvalue weighted by Gasteiger charge is -2.18. The molecular formula is C61H110O5. The van der Waals surface area contributed by atoms with Crippen LogP contribution in [0.4, 0.5) is 0 Å². The number of hydrogen-bond acceptors (Lipinski definition) is 5. The first-order valence-corrected chi connectivity index (χ1v) is 28.8. The second-order valence-electron chi connectivity index (χ2n) is 19.2. The van der Waals surface area contributed by atoms with E-state index in [-0.39, 0.29) is 25.2 Å². The third-order valence-electron chi connectivity index (χ3n) is 12.6. The van der Waals surface area contributed by atoms with E-state index in [0.29, 0.717) is 25.9 Å². The number of allylic oxidation sites excluding steroid dienone is 10. The van der Waals surface area contributed by atoms with Crippen molar-refractivity contribution in [1.29, 1.82) is 0 Å². The largest absolute Gasteiger partial charge is 0.463 e. The average molecular weight is 924 g/mol. The maximum atomic E-state index is 12.6. The summed E-state index contributed by atoms with van der Waals surface area (Å²) in [6, 6.07) is 0. The highest BCUT2D eigenvalue weighted by Crippen LogP contribution is 2.16. The Hall–Kier alpha value is -2.40. The van der Waals surface area contributed by atoms with Gasteiger partial charge in [-0.05, 0) is 57.8 Å². The highest BCUT2D eigenvalue weighted by atomic mass is 16.6. The van der Waals surface area contributed by atoms with E-state index in [2.05, 4.69) is 81.5 Å². The van der Waals surface area contributed by atoms with Crippen molar-refractivity contribution in [2.45, 2.75) is 297 Å². The molecule has 0 spiro atoms. The van der Waals surface area contributed by atoms with Crippen LogP contribution < -0.4 is 0 Å². The number of unbranched alkanes of at least 4 members (excludes halogenated alkanes) is 32. The predicted molar refractivity (Wildman–Crippen MR) is 288 cm³/mol. The van der Waals surface area contributed by atoms with Gasteiger partial charge in [0.1, 0.15) is 19.3 Å². The summed E-state index contributed by atoms with van der Waals surface area (Å²) in [6.07, 6.45) is 72.7. The van der Waals surface area contributed by atoms with Crippen LogP contribution in [0.3, 0.4) is 0 Å². The van der Waals surface area contributed by atoms with Crippen LogP contribution in [-0.2, 0) is 23.8 Å². The van der Waals surface area contributed by atoms with Crippen LogP contribution in [0.1, 0.15) is 290 Å². The van der Waals surface area contributed by atoms with Crippen molar-refractivity contribution in [3.63, 3.8) is 0 Å². The maximum absolute atomic E-state index is 12.6. The van der Waals surface area contributed by atoms with Crippen LogP contribution in [0, 0.1) is 0 Å². The summed E-state index contributed by atoms with van der Waals surface area (Å²) >= 11 is 0. The Morgan fingerprint density at radius 3 is 0.985 bits per heavy atom. The Balaban J connectivity index is 4.34. The molecule has 0 aliphatic heterocycles. The normalized spacial score (nSPS) is 12.6. The summed E-state index contributed by atoms with van der Waals surface area (Å²) in [5, 5.41) is 0. The minimum absolute atomic E-state index is 0.121. The molecule has 0 fully saturated rings. The van der Waals surface area contributed by atoms with E-state index in [0.717, 1.165) is 51.4 Å². The van der Waals surface area contributed by atoms with Crippen molar-refractivity contribution in [1.82, 2.24) is 0 Å². The van der Waals surface area contributed by atoms with Gasteiger partial charge in [0.25, 0.3) is 0 Å². The lowest BCUT2D eigenvalue weighted by atomic mass is 10.0. The van der Waals surface area contributed by atoms with E-state index in [9.17, 15) is 9.59 Å². The van der Waals surface area contributed by atoms with Gasteiger partial charge in [0.05, 0.1) is 0 Å². The molecule has 0 rings (SSSR count). The van der Waals surface area contributed by atoms with Gasteiger partial charge in [-0.1, -0.05) is 281 Å². The zero-order valence-corrected chi connectivity index (χ0v) is 44.2. The van der Waals surface area contributed by atoms with Gasteiger partial charge in [0.2, 0.25) is 0 Å². The van der Waals surface area contributed by atoms with Gasteiger partial charge in [-0.15, -0.1) is 0 Å². The lowest BCUT2D eigenvalue weighted by molar-refractivity contribution is -0.155. The SMILES string of the molecule is CCCCC/C=C\C/C=C\C/C=C\C/C=C\C/C=C\CCC(=O)OC[C@H](COC(=O)CCCCCCCCCCCCCCCCC)OCCCCCCCCCCCCCCCCCC. The highest BCUT2D eigenvalue weighted by molar-refractivity contribution is 5.70. The van der Waals surface area contributed by atoms with Crippen LogP contribution in [0.2, 0.25) is 0 Å². The second-order valence-corrected chi connectivity index (χ2v) is 19.2. The van der Waals surface area contributed by atoms with Crippen molar-refractivity contribution in [2.24, 2.45) is 0 Å². The topological polar surface area (TPSA) is 61.8 Å². The molecule has 0 saturated carbocycles. The fourth-order valence-electron chi connectivity index (χ4n) is 8.23. The minimum atomic E-state index is -0.427. The summed E-state index contributed by atoms with van der Waals surface area (Å²) < 4.78 is 17.4. The van der Waals surface area contributed by atoms with Gasteiger partial charge in [-0.2, -0.15) is 0 Å². The van der Waals surface area contributed by atoms with E-state index >= 15 is 0 Å². The molecule has 66 heavy (non-hydrogen) atoms. The van der Waals surface area contributed by atoms with Gasteiger partial charge in [-0.3, -0.25) is 9.59 Å². The molecule has 5 heteroatoms. The van der Waals surface area contributed by atoms with Crippen molar-refractivity contribution >= 4 is 11.9 Å². The molecule has 0 aromatic carbocycles. The van der Waals surface area contributed by atoms with Crippen LogP contribution >= 0.6 is 0 Å². The molecule has 0 heterocycles. The first-order valence-electron chi connectivity index (χ1n) is 28.8. The predicted octanol–water partition coefficient (Wildman–Crippen LogP) is 19.7. The molecule has 0 unspecified atom stereocenters. The molecule has 5 nitrogen and oxygen atoms in total. The molecule has 0 aliphatic rings. The van der Waals surface area contributed by atoms with Crippen LogP contribution in [0.25, 0.3) is 0 Å². The molecule has 0 aromatic heterocycles. The highest BCUT2D eigenvalue weighted by Gasteiger charge is 2.16. The summed E-state index contributed by atoms with van der Waals surface area (Å²) in [7, 11) is 0. The van der Waals surface area contributed by atoms with Crippen molar-refractivity contribution in [2.75, 3.05) is 19.8 Å². The quantitative estimate of drug-likeness (QED) is 0.0346. The maximum Gasteiger partial charge on any atom is 0.306 e. The fraction of sp³-hybridized carbons (Fsp3) is 0.803. The van der Waals surface area contributed by atoms with E-state index in [1.807, 2.05) is 0 Å². The first-order chi connectivity index (χ1) is 32.6. The zero-order chi connectivity index (χ0) is 47.7. The molecule has 0 radical (unpaired) electrons. The fourth-order valence-corrected chi connectivity index (χ4v) is 8.23. The molecule has 0 saturated heterocycles. The second kappa shape index (κ2) is 56.9. The average Bonchev–Trinajstić information content (AvgIpc) is 3.32. The Morgan fingerprint density at radius 1 is 0.318 bits per heavy atom. The lowest BCUT2D eigenvalue weighted by Crippen LogP contribution is -2.29. The third-order valence-corrected chi connectivity index (χ3v) is 12.6. The third kappa shape index (κ3) is 54.2. The Labute approximate surface area is 411 Å². The Morgan fingerprint density at radius 2 is 0.606 bits per heavy atom. The molecule has 0 amide bonds. The molecule has 0 N–H and O–H groups in total. The number of hydrogen-bond donors (Lipinski definition) is 0. The van der Waals surface area contributed by atoms with Crippen LogP contribution in [0.5, 0.6) is 0 Å². The van der Waals surface area contributed by atoms with E-state index in [1.165, 1.54) is 199 Å². The number of carbonyl (C=O) groups is 2. The van der Waals surface area contributed by atoms with Gasteiger partial charge in [0, 0.05) is 19.4 Å². The summed E-state index contributed by atoms with van der Waals surface area (Å²) in [6.45, 7) is 7.67. The van der Waals surface area contributed by atoms with Gasteiger partial charge in [-0.25, -0.2) is 0 Å². The van der Waals surface area contributed by atoms with Crippen LogP contribution in [-0.4, -0.2) is 37.9 Å². The van der Waals surface area contributed by atoms with E-state index < -0.39 is 6.10 Å². The first kappa shape index (κ1) is 63.6. The Bertz CT molecular complexity index is 1130. The van der Waals surface area contributed by atoms with E-state index in [1.54, 1.807) is 0 Å². The van der Waals surface area contributed by atoms with Crippen LogP contribution in [0.15, 0.2) is 60.8 Å². The smallest absolute Gasteiger partial charge is 0.306 e. The summed E-state index contributed by atoms with van der Waals surface area (Å²) in [5.74, 6) is -0.413. The number of esters is 2. The summed E-state index contributed by atoms with van der Waals surface area (Å²) in [5.41, 5.74) is 0. The zero-order valence-electron chi connectivity index (χ0n) is 44.2. The summed E-state index contributed by atoms with van der Waals surface area (Å²) in [4.78, 5) is 25.3. The standard InChI is InChI=1S/C61H110O5/c1-4-7-10-13-16-19-22-25-28-30-31-32-34-37-40-43-46-49-52-55-61(63)66-58-59(64-56-53-50-47-44-41-38-35-29-26-23-20-17-14-11-8-5-2)57-65-60(62)54-51-48-45-42-39-36-33-27-24-21-18-15-12-9-6-3/h16,19,25,28,31-32,37,40,46,49,59H,4-15,17-18,20-24,26-27,29-30,33-36,38-39,41-45,47-48,50-58H2,1-3H3/b19-16-,28-25-,32-31-,40-37-,49-46-/t59-/m0/s1. The number of carbonyl (C=O) groups excluding carboxylic acids is 2. The molecule has 0 aliphatic carbocycles. The number of rotatable bonds is 53. The molecular weight excluding hydrogens is 813 g/mol. The minimum Gasteiger partial charge on any atom is -0.463 e. The number of ether oxygens (including phenoxy) is 3. The van der Waals surface area contributed by atoms with Crippen molar-refractivity contribution in [3.8, 4) is 0 Å². The van der Waals surface area contributed by atoms with Crippen molar-refractivity contribution in [3.05, 3.63) is 60.8 Å². The van der Waals surface area contributed by atoms with Crippen molar-refractivity contribution < 1.29 is 23.8 Å². The van der Waals surface area contributed by atoms with Gasteiger partial charge < -0.3 is 14.2 Å². The monoisotopic (exact) mass is 923 g/mol. The molecule has 0 bridgehead atoms. The van der Waals surface area contributed by atoms with E-state index in [4.69, 9.17) is 14.2 Å². The Kier molecular flexibility index (Phi) is 54.9. The molecule has 1 atom stereocenters. The molecule has 384 valence electrons. The molecule has 0 aromatic rings. The van der Waals surface area contributed by atoms with Gasteiger partial charge >= 0.3 is 11.9 Å².